The van der Waals surface area contributed by atoms with Gasteiger partial charge in [0.05, 0.1) is 13.2 Å². The topological polar surface area (TPSA) is 81.6 Å². The monoisotopic (exact) mass is 353 g/mol. The number of amides is 1. The third-order valence-electron chi connectivity index (χ3n) is 4.59. The molecule has 0 spiro atoms. The molecule has 26 heavy (non-hydrogen) atoms. The lowest BCUT2D eigenvalue weighted by Gasteiger charge is -2.21. The number of nitrogens with zero attached hydrogens (tertiary/aromatic N) is 3. The maximum Gasteiger partial charge on any atom is 0.293 e. The van der Waals surface area contributed by atoms with Gasteiger partial charge >= 0.3 is 0 Å². The summed E-state index contributed by atoms with van der Waals surface area (Å²) in [6, 6.07) is 10.9. The highest BCUT2D eigenvalue weighted by Crippen LogP contribution is 2.33. The van der Waals surface area contributed by atoms with E-state index >= 15 is 0 Å². The first-order valence-electron chi connectivity index (χ1n) is 8.51. The predicted octanol–water partition coefficient (Wildman–Crippen LogP) is 3.62. The van der Waals surface area contributed by atoms with Crippen LogP contribution < -0.4 is 4.74 Å². The van der Waals surface area contributed by atoms with Crippen LogP contribution >= 0.6 is 0 Å². The second-order valence-corrected chi connectivity index (χ2v) is 6.33. The summed E-state index contributed by atoms with van der Waals surface area (Å²) in [5.74, 6) is 1.49. The average molecular weight is 353 g/mol. The van der Waals surface area contributed by atoms with Gasteiger partial charge in [0.1, 0.15) is 22.9 Å². The molecule has 3 aromatic rings. The summed E-state index contributed by atoms with van der Waals surface area (Å²) in [5.41, 5.74) is 2.21. The average Bonchev–Trinajstić information content (AvgIpc) is 3.41. The Kier molecular flexibility index (Phi) is 4.20. The molecule has 1 aromatic carbocycles. The standard InChI is InChI=1S/C19H19N3O4/c1-12-9-16(21-25-12)17-7-4-8-22(17)19(23)18-11-15(20-26-18)13-5-3-6-14(10-13)24-2/h3,5-6,9-11,17H,4,7-8H2,1-2H3/t17-/m1/s1. The Labute approximate surface area is 150 Å². The first-order valence-corrected chi connectivity index (χ1v) is 8.51. The van der Waals surface area contributed by atoms with Gasteiger partial charge in [0.2, 0.25) is 5.76 Å². The van der Waals surface area contributed by atoms with Crippen LogP contribution in [-0.4, -0.2) is 34.8 Å². The van der Waals surface area contributed by atoms with Crippen molar-refractivity contribution in [2.45, 2.75) is 25.8 Å². The summed E-state index contributed by atoms with van der Waals surface area (Å²) in [4.78, 5) is 14.7. The van der Waals surface area contributed by atoms with Gasteiger partial charge in [-0.25, -0.2) is 0 Å². The number of carbonyl (C=O) groups is 1. The molecule has 3 heterocycles. The van der Waals surface area contributed by atoms with Crippen molar-refractivity contribution in [2.24, 2.45) is 0 Å². The molecule has 1 fully saturated rings. The zero-order valence-corrected chi connectivity index (χ0v) is 14.6. The van der Waals surface area contributed by atoms with Crippen LogP contribution in [0.15, 0.2) is 45.4 Å². The molecule has 0 aliphatic carbocycles. The minimum atomic E-state index is -0.185. The van der Waals surface area contributed by atoms with Gasteiger partial charge in [-0.2, -0.15) is 0 Å². The van der Waals surface area contributed by atoms with E-state index in [4.69, 9.17) is 13.8 Å². The fourth-order valence-corrected chi connectivity index (χ4v) is 3.30. The Morgan fingerprint density at radius 2 is 2.12 bits per heavy atom. The number of aryl methyl sites for hydroxylation is 1. The normalized spacial score (nSPS) is 16.8. The molecule has 7 heteroatoms. The van der Waals surface area contributed by atoms with Crippen LogP contribution in [0.4, 0.5) is 0 Å². The number of likely N-dealkylation sites (tertiary alicyclic amines) is 1. The van der Waals surface area contributed by atoms with Crippen molar-refractivity contribution in [1.29, 1.82) is 0 Å². The number of hydrogen-bond donors (Lipinski definition) is 0. The molecule has 1 aliphatic rings. The van der Waals surface area contributed by atoms with E-state index < -0.39 is 0 Å². The molecule has 7 nitrogen and oxygen atoms in total. The third-order valence-corrected chi connectivity index (χ3v) is 4.59. The molecule has 0 saturated carbocycles. The van der Waals surface area contributed by atoms with Gasteiger partial charge in [0.25, 0.3) is 5.91 Å². The Hall–Kier alpha value is -3.09. The van der Waals surface area contributed by atoms with Crippen molar-refractivity contribution >= 4 is 5.91 Å². The molecule has 0 unspecified atom stereocenters. The quantitative estimate of drug-likeness (QED) is 0.712. The van der Waals surface area contributed by atoms with Crippen molar-refractivity contribution in [3.63, 3.8) is 0 Å². The maximum absolute atomic E-state index is 12.9. The smallest absolute Gasteiger partial charge is 0.293 e. The van der Waals surface area contributed by atoms with E-state index in [1.807, 2.05) is 37.3 Å². The summed E-state index contributed by atoms with van der Waals surface area (Å²) in [6.45, 7) is 2.50. The molecule has 2 aromatic heterocycles. The van der Waals surface area contributed by atoms with Crippen LogP contribution in [0.5, 0.6) is 5.75 Å². The number of methoxy groups -OCH3 is 1. The Morgan fingerprint density at radius 1 is 1.23 bits per heavy atom. The fourth-order valence-electron chi connectivity index (χ4n) is 3.30. The number of hydrogen-bond acceptors (Lipinski definition) is 6. The molecule has 1 saturated heterocycles. The third kappa shape index (κ3) is 2.96. The molecule has 1 aliphatic heterocycles. The van der Waals surface area contributed by atoms with Gasteiger partial charge in [-0.05, 0) is 31.9 Å². The van der Waals surface area contributed by atoms with E-state index in [1.54, 1.807) is 18.1 Å². The van der Waals surface area contributed by atoms with Crippen LogP contribution in [0, 0.1) is 6.92 Å². The molecule has 1 amide bonds. The van der Waals surface area contributed by atoms with Crippen molar-refractivity contribution < 1.29 is 18.6 Å². The minimum Gasteiger partial charge on any atom is -0.497 e. The van der Waals surface area contributed by atoms with Crippen LogP contribution in [-0.2, 0) is 0 Å². The van der Waals surface area contributed by atoms with E-state index in [1.165, 1.54) is 0 Å². The molecule has 134 valence electrons. The lowest BCUT2D eigenvalue weighted by atomic mass is 10.1. The van der Waals surface area contributed by atoms with Crippen LogP contribution in [0.2, 0.25) is 0 Å². The Balaban J connectivity index is 1.57. The Bertz CT molecular complexity index is 930. The zero-order chi connectivity index (χ0) is 18.1. The van der Waals surface area contributed by atoms with Gasteiger partial charge < -0.3 is 18.7 Å². The number of aromatic nitrogens is 2. The summed E-state index contributed by atoms with van der Waals surface area (Å²) < 4.78 is 15.7. The Morgan fingerprint density at radius 3 is 2.88 bits per heavy atom. The van der Waals surface area contributed by atoms with Crippen LogP contribution in [0.1, 0.15) is 40.9 Å². The first kappa shape index (κ1) is 16.4. The van der Waals surface area contributed by atoms with Crippen LogP contribution in [0.3, 0.4) is 0 Å². The van der Waals surface area contributed by atoms with Crippen molar-refractivity contribution in [3.05, 3.63) is 53.6 Å². The van der Waals surface area contributed by atoms with Gasteiger partial charge in [0, 0.05) is 24.2 Å². The van der Waals surface area contributed by atoms with Crippen molar-refractivity contribution in [1.82, 2.24) is 15.2 Å². The van der Waals surface area contributed by atoms with Gasteiger partial charge in [0.15, 0.2) is 0 Å². The van der Waals surface area contributed by atoms with Gasteiger partial charge in [-0.15, -0.1) is 0 Å². The van der Waals surface area contributed by atoms with Gasteiger partial charge in [-0.3, -0.25) is 4.79 Å². The fraction of sp³-hybridized carbons (Fsp3) is 0.316. The van der Waals surface area contributed by atoms with Gasteiger partial charge in [-0.1, -0.05) is 22.4 Å². The summed E-state index contributed by atoms with van der Waals surface area (Å²) in [5, 5.41) is 8.11. The van der Waals surface area contributed by atoms with Crippen molar-refractivity contribution in [2.75, 3.05) is 13.7 Å². The molecule has 0 bridgehead atoms. The predicted molar refractivity (Wildman–Crippen MR) is 92.7 cm³/mol. The summed E-state index contributed by atoms with van der Waals surface area (Å²) in [6.07, 6.45) is 1.77. The minimum absolute atomic E-state index is 0.0923. The number of carbonyl (C=O) groups excluding carboxylic acids is 1. The van der Waals surface area contributed by atoms with E-state index in [2.05, 4.69) is 10.3 Å². The zero-order valence-electron chi connectivity index (χ0n) is 14.6. The second-order valence-electron chi connectivity index (χ2n) is 6.33. The highest BCUT2D eigenvalue weighted by molar-refractivity contribution is 5.93. The molecule has 0 N–H and O–H groups in total. The number of benzene rings is 1. The molecule has 0 radical (unpaired) electrons. The summed E-state index contributed by atoms with van der Waals surface area (Å²) >= 11 is 0. The van der Waals surface area contributed by atoms with E-state index in [0.717, 1.165) is 35.6 Å². The second kappa shape index (κ2) is 6.67. The van der Waals surface area contributed by atoms with E-state index in [0.29, 0.717) is 12.2 Å². The molecule has 4 rings (SSSR count). The lowest BCUT2D eigenvalue weighted by molar-refractivity contribution is 0.0688. The largest absolute Gasteiger partial charge is 0.497 e. The molecular weight excluding hydrogens is 334 g/mol. The van der Waals surface area contributed by atoms with Crippen molar-refractivity contribution in [3.8, 4) is 17.0 Å². The first-order chi connectivity index (χ1) is 12.7. The summed E-state index contributed by atoms with van der Waals surface area (Å²) in [7, 11) is 1.61. The number of rotatable bonds is 4. The molecular formula is C19H19N3O4. The highest BCUT2D eigenvalue weighted by Gasteiger charge is 2.34. The van der Waals surface area contributed by atoms with E-state index in [-0.39, 0.29) is 17.7 Å². The highest BCUT2D eigenvalue weighted by atomic mass is 16.5. The SMILES string of the molecule is COc1cccc(-c2cc(C(=O)N3CCC[C@@H]3c3cc(C)on3)on2)c1. The lowest BCUT2D eigenvalue weighted by Crippen LogP contribution is -2.30. The van der Waals surface area contributed by atoms with Crippen LogP contribution in [0.25, 0.3) is 11.3 Å². The molecule has 1 atom stereocenters. The maximum atomic E-state index is 12.9. The van der Waals surface area contributed by atoms with E-state index in [9.17, 15) is 4.79 Å². The number of ether oxygens (including phenoxy) is 1.